The smallest absolute Gasteiger partial charge is 0.245 e. The molecule has 1 heterocycles. The van der Waals surface area contributed by atoms with Crippen LogP contribution in [0.3, 0.4) is 0 Å². The molecule has 2 nitrogen and oxygen atoms in total. The van der Waals surface area contributed by atoms with Gasteiger partial charge in [0.2, 0.25) is 11.2 Å². The Morgan fingerprint density at radius 1 is 0.889 bits per heavy atom. The third-order valence-corrected chi connectivity index (χ3v) is 3.49. The monoisotopic (exact) mass is 278 g/mol. The largest absolute Gasteiger partial charge is 0.285 e. The number of halogens is 2. The minimum atomic E-state index is 0.383. The summed E-state index contributed by atoms with van der Waals surface area (Å²) in [6, 6.07) is 11.7. The third-order valence-electron chi connectivity index (χ3n) is 2.63. The summed E-state index contributed by atoms with van der Waals surface area (Å²) >= 11 is 12.2. The number of fused-ring (bicyclic) bond motifs is 1. The van der Waals surface area contributed by atoms with E-state index >= 15 is 0 Å². The second-order valence-corrected chi connectivity index (χ2v) is 4.59. The minimum absolute atomic E-state index is 0.383. The fourth-order valence-electron chi connectivity index (χ4n) is 1.67. The van der Waals surface area contributed by atoms with Crippen molar-refractivity contribution in [1.82, 2.24) is 0 Å². The van der Waals surface area contributed by atoms with Crippen molar-refractivity contribution in [2.24, 2.45) is 0 Å². The molecule has 0 spiro atoms. The van der Waals surface area contributed by atoms with Gasteiger partial charge in [-0.3, -0.25) is 9.15 Å². The first-order valence-electron chi connectivity index (χ1n) is 5.35. The van der Waals surface area contributed by atoms with Gasteiger partial charge < -0.3 is 0 Å². The van der Waals surface area contributed by atoms with E-state index < -0.39 is 0 Å². The summed E-state index contributed by atoms with van der Waals surface area (Å²) in [7, 11) is 0. The van der Waals surface area contributed by atoms with E-state index in [1.165, 1.54) is 0 Å². The van der Waals surface area contributed by atoms with E-state index in [-0.39, 0.29) is 0 Å². The first-order chi connectivity index (χ1) is 8.75. The zero-order valence-electron chi connectivity index (χ0n) is 9.19. The topological polar surface area (TPSA) is 26.3 Å². The Labute approximate surface area is 113 Å². The molecule has 1 aromatic heterocycles. The van der Waals surface area contributed by atoms with Crippen molar-refractivity contribution in [3.63, 3.8) is 0 Å². The molecule has 0 radical (unpaired) electrons. The molecule has 0 saturated heterocycles. The normalized spacial score (nSPS) is 11.7. The molecule has 0 unspecified atom stereocenters. The summed E-state index contributed by atoms with van der Waals surface area (Å²) in [4.78, 5) is 0. The average molecular weight is 279 g/mol. The summed E-state index contributed by atoms with van der Waals surface area (Å²) in [6.45, 7) is 0. The first-order valence-corrected chi connectivity index (χ1v) is 6.11. The van der Waals surface area contributed by atoms with Gasteiger partial charge in [0.25, 0.3) is 0 Å². The van der Waals surface area contributed by atoms with Gasteiger partial charge in [0, 0.05) is 0 Å². The van der Waals surface area contributed by atoms with Crippen LogP contribution >= 0.6 is 23.2 Å². The first kappa shape index (κ1) is 11.5. The molecule has 0 bridgehead atoms. The molecule has 3 rings (SSSR count). The van der Waals surface area contributed by atoms with E-state index in [9.17, 15) is 0 Å². The fraction of sp³-hybridized carbons (Fsp3) is 0. The highest BCUT2D eigenvalue weighted by Gasteiger charge is 2.15. The summed E-state index contributed by atoms with van der Waals surface area (Å²) in [5.41, 5.74) is 2.99. The Balaban J connectivity index is 2.01. The maximum atomic E-state index is 6.15. The summed E-state index contributed by atoms with van der Waals surface area (Å²) < 4.78 is 9.59. The molecule has 0 aliphatic carbocycles. The molecule has 0 fully saturated rings. The predicted molar refractivity (Wildman–Crippen MR) is 73.9 cm³/mol. The van der Waals surface area contributed by atoms with Crippen LogP contribution in [0.25, 0.3) is 23.3 Å². The summed E-state index contributed by atoms with van der Waals surface area (Å²) in [6.07, 6.45) is 3.86. The third kappa shape index (κ3) is 1.94. The SMILES string of the molecule is Clc1c(/C=C/c2ccccc2)cc2ooc2c1Cl. The van der Waals surface area contributed by atoms with E-state index in [2.05, 4.69) is 0 Å². The van der Waals surface area contributed by atoms with E-state index in [0.717, 1.165) is 11.1 Å². The molecule has 4 heteroatoms. The number of hydrogen-bond donors (Lipinski definition) is 0. The van der Waals surface area contributed by atoms with Crippen LogP contribution in [0.4, 0.5) is 0 Å². The highest BCUT2D eigenvalue weighted by Crippen LogP contribution is 2.36. The molecule has 0 N–H and O–H groups in total. The Morgan fingerprint density at radius 3 is 2.33 bits per heavy atom. The molecular weight excluding hydrogens is 271 g/mol. The van der Waals surface area contributed by atoms with Crippen LogP contribution in [0, 0.1) is 0 Å². The van der Waals surface area contributed by atoms with Crippen molar-refractivity contribution in [3.8, 4) is 0 Å². The number of benzene rings is 2. The molecule has 2 aromatic carbocycles. The lowest BCUT2D eigenvalue weighted by Gasteiger charge is -2.05. The highest BCUT2D eigenvalue weighted by molar-refractivity contribution is 6.45. The van der Waals surface area contributed by atoms with E-state index in [1.807, 2.05) is 42.5 Å². The Hall–Kier alpha value is -1.64. The average Bonchev–Trinajstić information content (AvgIpc) is 2.36. The molecule has 0 amide bonds. The fourth-order valence-corrected chi connectivity index (χ4v) is 2.11. The second-order valence-electron chi connectivity index (χ2n) is 3.83. The molecular formula is C14H8Cl2O2. The van der Waals surface area contributed by atoms with Gasteiger partial charge in [0.1, 0.15) is 5.02 Å². The van der Waals surface area contributed by atoms with Gasteiger partial charge in [-0.2, -0.15) is 0 Å². The maximum absolute atomic E-state index is 6.15. The summed E-state index contributed by atoms with van der Waals surface area (Å²) in [5.74, 6) is 0. The Morgan fingerprint density at radius 2 is 1.67 bits per heavy atom. The van der Waals surface area contributed by atoms with Crippen molar-refractivity contribution in [1.29, 1.82) is 0 Å². The van der Waals surface area contributed by atoms with E-state index in [1.54, 1.807) is 6.07 Å². The van der Waals surface area contributed by atoms with E-state index in [0.29, 0.717) is 21.2 Å². The maximum Gasteiger partial charge on any atom is 0.245 e. The van der Waals surface area contributed by atoms with Crippen LogP contribution in [0.2, 0.25) is 10.0 Å². The lowest BCUT2D eigenvalue weighted by molar-refractivity contribution is 0.0590. The summed E-state index contributed by atoms with van der Waals surface area (Å²) in [5, 5.41) is 0.846. The lowest BCUT2D eigenvalue weighted by Crippen LogP contribution is -1.84. The van der Waals surface area contributed by atoms with Crippen LogP contribution in [0.5, 0.6) is 0 Å². The van der Waals surface area contributed by atoms with Gasteiger partial charge in [-0.1, -0.05) is 65.7 Å². The minimum Gasteiger partial charge on any atom is -0.285 e. The molecule has 0 saturated carbocycles. The second kappa shape index (κ2) is 4.56. The van der Waals surface area contributed by atoms with Crippen LogP contribution in [0.1, 0.15) is 11.1 Å². The highest BCUT2D eigenvalue weighted by atomic mass is 35.5. The number of hydrogen-bond acceptors (Lipinski definition) is 2. The van der Waals surface area contributed by atoms with Gasteiger partial charge in [0.05, 0.1) is 5.02 Å². The number of rotatable bonds is 2. The van der Waals surface area contributed by atoms with Crippen molar-refractivity contribution >= 4 is 46.5 Å². The zero-order valence-corrected chi connectivity index (χ0v) is 10.7. The van der Waals surface area contributed by atoms with Crippen LogP contribution < -0.4 is 0 Å². The predicted octanol–water partition coefficient (Wildman–Crippen LogP) is 5.50. The quantitative estimate of drug-likeness (QED) is 0.457. The van der Waals surface area contributed by atoms with Crippen molar-refractivity contribution in [2.75, 3.05) is 0 Å². The lowest BCUT2D eigenvalue weighted by atomic mass is 10.1. The Bertz CT molecular complexity index is 708. The molecule has 90 valence electrons. The van der Waals surface area contributed by atoms with Crippen molar-refractivity contribution in [3.05, 3.63) is 57.6 Å². The molecule has 0 atom stereocenters. The van der Waals surface area contributed by atoms with Gasteiger partial charge in [0.15, 0.2) is 0 Å². The van der Waals surface area contributed by atoms with Crippen LogP contribution in [-0.4, -0.2) is 0 Å². The molecule has 0 aliphatic rings. The van der Waals surface area contributed by atoms with Crippen molar-refractivity contribution in [2.45, 2.75) is 0 Å². The van der Waals surface area contributed by atoms with Crippen LogP contribution in [0.15, 0.2) is 45.6 Å². The van der Waals surface area contributed by atoms with Gasteiger partial charge in [-0.05, 0) is 17.2 Å². The van der Waals surface area contributed by atoms with Crippen molar-refractivity contribution < 1.29 is 9.15 Å². The van der Waals surface area contributed by atoms with E-state index in [4.69, 9.17) is 32.4 Å². The van der Waals surface area contributed by atoms with Crippen LogP contribution in [-0.2, 0) is 0 Å². The Kier molecular flexibility index (Phi) is 2.90. The van der Waals surface area contributed by atoms with Gasteiger partial charge in [-0.25, -0.2) is 0 Å². The molecule has 0 aliphatic heterocycles. The molecule has 3 aromatic rings. The molecule has 18 heavy (non-hydrogen) atoms. The standard InChI is InChI=1S/C14H8Cl2O2/c15-12-10(7-6-9-4-2-1-3-5-9)8-11-14(13(12)16)18-17-11/h1-8H/b7-6+. The van der Waals surface area contributed by atoms with Gasteiger partial charge >= 0.3 is 0 Å². The zero-order chi connectivity index (χ0) is 12.5. The van der Waals surface area contributed by atoms with Gasteiger partial charge in [-0.15, -0.1) is 0 Å².